The van der Waals surface area contributed by atoms with Gasteiger partial charge in [0.15, 0.2) is 0 Å². The molecular formula is C11H9ClO4. The van der Waals surface area contributed by atoms with Crippen LogP contribution in [0, 0.1) is 0 Å². The van der Waals surface area contributed by atoms with Crippen LogP contribution in [0.5, 0.6) is 0 Å². The molecule has 0 saturated carbocycles. The molecular weight excluding hydrogens is 232 g/mol. The number of carboxylic acids is 1. The maximum Gasteiger partial charge on any atom is 0.373 e. The smallest absolute Gasteiger partial charge is 0.373 e. The van der Waals surface area contributed by atoms with Crippen LogP contribution in [0.3, 0.4) is 0 Å². The van der Waals surface area contributed by atoms with Crippen LogP contribution in [0.1, 0.15) is 18.4 Å². The van der Waals surface area contributed by atoms with Crippen LogP contribution in [-0.4, -0.2) is 22.6 Å². The highest BCUT2D eigenvalue weighted by Gasteiger charge is 2.30. The van der Waals surface area contributed by atoms with Crippen molar-refractivity contribution >= 4 is 29.1 Å². The Kier molecular flexibility index (Phi) is 3.79. The molecule has 1 atom stereocenters. The highest BCUT2D eigenvalue weighted by atomic mass is 35.5. The van der Waals surface area contributed by atoms with Crippen molar-refractivity contribution < 1.29 is 19.5 Å². The molecule has 1 N–H and O–H groups in total. The minimum atomic E-state index is -1.62. The number of carbonyl (C=O) groups excluding carboxylic acids is 2. The first kappa shape index (κ1) is 12.4. The minimum Gasteiger partial charge on any atom is -0.475 e. The number of rotatable bonds is 4. The fourth-order valence-corrected chi connectivity index (χ4v) is 1.58. The van der Waals surface area contributed by atoms with Crippen LogP contribution < -0.4 is 0 Å². The Bertz CT molecular complexity index is 453. The highest BCUT2D eigenvalue weighted by Crippen LogP contribution is 2.21. The molecule has 5 heteroatoms. The van der Waals surface area contributed by atoms with Crippen LogP contribution in [-0.2, 0) is 14.4 Å². The molecule has 1 unspecified atom stereocenters. The van der Waals surface area contributed by atoms with Gasteiger partial charge in [0.1, 0.15) is 11.7 Å². The van der Waals surface area contributed by atoms with Crippen LogP contribution >= 0.6 is 11.6 Å². The molecule has 84 valence electrons. The summed E-state index contributed by atoms with van der Waals surface area (Å²) in [5, 5.41) is 8.95. The lowest BCUT2D eigenvalue weighted by Crippen LogP contribution is -2.26. The van der Waals surface area contributed by atoms with Crippen molar-refractivity contribution in [1.29, 1.82) is 0 Å². The molecule has 1 rings (SSSR count). The van der Waals surface area contributed by atoms with Gasteiger partial charge in [-0.25, -0.2) is 4.79 Å². The van der Waals surface area contributed by atoms with Crippen LogP contribution in [0.25, 0.3) is 0 Å². The highest BCUT2D eigenvalue weighted by molar-refractivity contribution is 6.39. The van der Waals surface area contributed by atoms with Crippen LogP contribution in [0.15, 0.2) is 24.3 Å². The molecule has 4 nitrogen and oxygen atoms in total. The van der Waals surface area contributed by atoms with Gasteiger partial charge < -0.3 is 5.11 Å². The minimum absolute atomic E-state index is 0.299. The number of halogens is 1. The summed E-state index contributed by atoms with van der Waals surface area (Å²) in [7, 11) is 0. The monoisotopic (exact) mass is 240 g/mol. The topological polar surface area (TPSA) is 71.4 Å². The van der Waals surface area contributed by atoms with Gasteiger partial charge in [-0.3, -0.25) is 9.59 Å². The fourth-order valence-electron chi connectivity index (χ4n) is 1.38. The average molecular weight is 241 g/mol. The van der Waals surface area contributed by atoms with Crippen LogP contribution in [0.4, 0.5) is 0 Å². The quantitative estimate of drug-likeness (QED) is 0.642. The van der Waals surface area contributed by atoms with Crippen molar-refractivity contribution in [1.82, 2.24) is 0 Å². The molecule has 0 aliphatic rings. The van der Waals surface area contributed by atoms with Gasteiger partial charge in [0.25, 0.3) is 5.78 Å². The van der Waals surface area contributed by atoms with E-state index in [4.69, 9.17) is 16.7 Å². The van der Waals surface area contributed by atoms with Gasteiger partial charge >= 0.3 is 5.97 Å². The van der Waals surface area contributed by atoms with Crippen molar-refractivity contribution in [2.75, 3.05) is 0 Å². The van der Waals surface area contributed by atoms with Gasteiger partial charge in [0.2, 0.25) is 0 Å². The number of carboxylic acid groups (broad SMARTS) is 1. The molecule has 0 spiro atoms. The van der Waals surface area contributed by atoms with E-state index in [0.29, 0.717) is 10.6 Å². The Labute approximate surface area is 96.8 Å². The summed E-state index contributed by atoms with van der Waals surface area (Å²) in [5.41, 5.74) is 0.299. The fraction of sp³-hybridized carbons (Fsp3) is 0.182. The number of aliphatic carboxylic acids is 1. The molecule has 0 amide bonds. The first-order valence-electron chi connectivity index (χ1n) is 4.46. The zero-order valence-electron chi connectivity index (χ0n) is 8.44. The van der Waals surface area contributed by atoms with Gasteiger partial charge in [0, 0.05) is 5.02 Å². The molecule has 0 aliphatic heterocycles. The van der Waals surface area contributed by atoms with Gasteiger partial charge in [-0.15, -0.1) is 0 Å². The predicted octanol–water partition coefficient (Wildman–Crippen LogP) is 1.67. The number of hydrogen-bond acceptors (Lipinski definition) is 3. The Morgan fingerprint density at radius 1 is 1.31 bits per heavy atom. The first-order chi connectivity index (χ1) is 7.43. The average Bonchev–Trinajstić information content (AvgIpc) is 2.17. The first-order valence-corrected chi connectivity index (χ1v) is 4.84. The maximum absolute atomic E-state index is 11.3. The lowest BCUT2D eigenvalue weighted by molar-refractivity contribution is -0.151. The Hall–Kier alpha value is -1.68. The zero-order chi connectivity index (χ0) is 12.3. The summed E-state index contributed by atoms with van der Waals surface area (Å²) in [6.45, 7) is 1.17. The summed E-state index contributed by atoms with van der Waals surface area (Å²) in [6.07, 6.45) is 0. The molecule has 0 saturated heterocycles. The van der Waals surface area contributed by atoms with E-state index in [-0.39, 0.29) is 0 Å². The molecule has 0 aliphatic carbocycles. The summed E-state index contributed by atoms with van der Waals surface area (Å²) in [4.78, 5) is 33.2. The van der Waals surface area contributed by atoms with E-state index >= 15 is 0 Å². The van der Waals surface area contributed by atoms with Crippen molar-refractivity contribution in [2.45, 2.75) is 12.8 Å². The molecule has 0 heterocycles. The van der Waals surface area contributed by atoms with E-state index in [1.807, 2.05) is 0 Å². The second-order valence-electron chi connectivity index (χ2n) is 3.27. The maximum atomic E-state index is 11.3. The molecule has 0 fully saturated rings. The van der Waals surface area contributed by atoms with Crippen molar-refractivity contribution in [3.05, 3.63) is 34.9 Å². The lowest BCUT2D eigenvalue weighted by Gasteiger charge is -2.10. The van der Waals surface area contributed by atoms with Gasteiger partial charge in [-0.1, -0.05) is 23.7 Å². The number of ketones is 2. The molecule has 0 radical (unpaired) electrons. The SMILES string of the molecule is CC(=O)C(C(=O)C(=O)O)c1cccc(Cl)c1. The third kappa shape index (κ3) is 2.67. The molecule has 1 aromatic carbocycles. The van der Waals surface area contributed by atoms with Gasteiger partial charge in [-0.05, 0) is 24.6 Å². The van der Waals surface area contributed by atoms with E-state index in [9.17, 15) is 14.4 Å². The number of benzene rings is 1. The second-order valence-corrected chi connectivity index (χ2v) is 3.70. The molecule has 0 bridgehead atoms. The van der Waals surface area contributed by atoms with Gasteiger partial charge in [-0.2, -0.15) is 0 Å². The number of hydrogen-bond donors (Lipinski definition) is 1. The van der Waals surface area contributed by atoms with Gasteiger partial charge in [0.05, 0.1) is 0 Å². The Balaban J connectivity index is 3.18. The Morgan fingerprint density at radius 3 is 2.38 bits per heavy atom. The van der Waals surface area contributed by atoms with E-state index in [1.165, 1.54) is 19.1 Å². The van der Waals surface area contributed by atoms with Crippen molar-refractivity contribution in [2.24, 2.45) is 0 Å². The van der Waals surface area contributed by atoms with E-state index in [1.54, 1.807) is 12.1 Å². The Morgan fingerprint density at radius 2 is 1.94 bits per heavy atom. The summed E-state index contributed by atoms with van der Waals surface area (Å²) >= 11 is 5.71. The van der Waals surface area contributed by atoms with E-state index in [0.717, 1.165) is 0 Å². The number of Topliss-reactive ketones (excluding diaryl/α,β-unsaturated/α-hetero) is 2. The number of carbonyl (C=O) groups is 3. The molecule has 16 heavy (non-hydrogen) atoms. The summed E-state index contributed by atoms with van der Waals surface area (Å²) in [5.74, 6) is -4.57. The second kappa shape index (κ2) is 4.90. The largest absolute Gasteiger partial charge is 0.475 e. The molecule has 1 aromatic rings. The third-order valence-electron chi connectivity index (χ3n) is 2.06. The third-order valence-corrected chi connectivity index (χ3v) is 2.30. The van der Waals surface area contributed by atoms with Crippen molar-refractivity contribution in [3.63, 3.8) is 0 Å². The van der Waals surface area contributed by atoms with E-state index in [2.05, 4.69) is 0 Å². The summed E-state index contributed by atoms with van der Waals surface area (Å²) < 4.78 is 0. The zero-order valence-corrected chi connectivity index (χ0v) is 9.19. The predicted molar refractivity (Wildman–Crippen MR) is 57.5 cm³/mol. The van der Waals surface area contributed by atoms with Crippen LogP contribution in [0.2, 0.25) is 5.02 Å². The van der Waals surface area contributed by atoms with E-state index < -0.39 is 23.5 Å². The summed E-state index contributed by atoms with van der Waals surface area (Å²) in [6, 6.07) is 6.05. The normalized spacial score (nSPS) is 11.9. The van der Waals surface area contributed by atoms with Crippen molar-refractivity contribution in [3.8, 4) is 0 Å². The molecule has 0 aromatic heterocycles. The standard InChI is InChI=1S/C11H9ClO4/c1-6(13)9(10(14)11(15)16)7-3-2-4-8(12)5-7/h2-5,9H,1H3,(H,15,16). The lowest BCUT2D eigenvalue weighted by atomic mass is 9.91.